The number of hydrogen-bond donors (Lipinski definition) is 0. The van der Waals surface area contributed by atoms with Crippen molar-refractivity contribution in [2.24, 2.45) is 0 Å². The van der Waals surface area contributed by atoms with E-state index in [1.165, 1.54) is 11.3 Å². The minimum atomic E-state index is -2.96. The number of aryl methyl sites for hydroxylation is 2. The molecule has 162 valence electrons. The van der Waals surface area contributed by atoms with E-state index in [0.717, 1.165) is 43.1 Å². The Balaban J connectivity index is 1.40. The predicted molar refractivity (Wildman–Crippen MR) is 120 cm³/mol. The maximum atomic E-state index is 13.1. The van der Waals surface area contributed by atoms with Gasteiger partial charge in [-0.3, -0.25) is 9.69 Å². The standard InChI is InChI=1S/C23H31N3O3S/c1-17-5-4-6-20(13-17)25-10-8-24(9-11-25)15-23(27)22-14-18(2)26(19(22)3)21-7-12-30(28,29)16-21/h4-6,13-14,21H,7-12,15-16H2,1-3H3. The molecule has 30 heavy (non-hydrogen) atoms. The van der Waals surface area contributed by atoms with Gasteiger partial charge >= 0.3 is 0 Å². The number of aromatic nitrogens is 1. The first-order chi connectivity index (χ1) is 14.2. The van der Waals surface area contributed by atoms with Crippen LogP contribution in [-0.4, -0.2) is 67.9 Å². The lowest BCUT2D eigenvalue weighted by atomic mass is 10.1. The summed E-state index contributed by atoms with van der Waals surface area (Å²) in [6.45, 7) is 9.98. The molecule has 1 unspecified atom stereocenters. The second kappa shape index (κ2) is 8.19. The number of anilines is 1. The van der Waals surface area contributed by atoms with E-state index in [2.05, 4.69) is 45.6 Å². The molecule has 6 nitrogen and oxygen atoms in total. The van der Waals surface area contributed by atoms with Crippen LogP contribution in [0.15, 0.2) is 30.3 Å². The van der Waals surface area contributed by atoms with Crippen molar-refractivity contribution in [3.05, 3.63) is 52.8 Å². The first kappa shape index (κ1) is 21.1. The van der Waals surface area contributed by atoms with Crippen LogP contribution in [0.25, 0.3) is 0 Å². The largest absolute Gasteiger partial charge is 0.369 e. The molecule has 4 rings (SSSR count). The maximum Gasteiger partial charge on any atom is 0.178 e. The lowest BCUT2D eigenvalue weighted by Crippen LogP contribution is -2.48. The van der Waals surface area contributed by atoms with Crippen molar-refractivity contribution in [2.45, 2.75) is 33.2 Å². The Hall–Kier alpha value is -2.12. The molecule has 1 aromatic carbocycles. The number of rotatable bonds is 5. The molecule has 7 heteroatoms. The topological polar surface area (TPSA) is 62.6 Å². The van der Waals surface area contributed by atoms with Gasteiger partial charge in [0.1, 0.15) is 0 Å². The Kier molecular flexibility index (Phi) is 5.77. The van der Waals surface area contributed by atoms with Crippen LogP contribution in [0.5, 0.6) is 0 Å². The van der Waals surface area contributed by atoms with E-state index in [-0.39, 0.29) is 23.3 Å². The summed E-state index contributed by atoms with van der Waals surface area (Å²) in [5.74, 6) is 0.542. The van der Waals surface area contributed by atoms with Gasteiger partial charge in [-0.15, -0.1) is 0 Å². The van der Waals surface area contributed by atoms with Crippen molar-refractivity contribution in [1.82, 2.24) is 9.47 Å². The van der Waals surface area contributed by atoms with Crippen LogP contribution in [-0.2, 0) is 9.84 Å². The van der Waals surface area contributed by atoms with Gasteiger partial charge in [-0.1, -0.05) is 12.1 Å². The third-order valence-electron chi connectivity index (χ3n) is 6.46. The Morgan fingerprint density at radius 2 is 1.80 bits per heavy atom. The highest BCUT2D eigenvalue weighted by atomic mass is 32.2. The minimum Gasteiger partial charge on any atom is -0.369 e. The number of piperazine rings is 1. The van der Waals surface area contributed by atoms with Crippen LogP contribution < -0.4 is 4.90 Å². The third-order valence-corrected chi connectivity index (χ3v) is 8.21. The molecule has 0 N–H and O–H groups in total. The van der Waals surface area contributed by atoms with Gasteiger partial charge in [0.25, 0.3) is 0 Å². The molecule has 3 heterocycles. The average molecular weight is 430 g/mol. The summed E-state index contributed by atoms with van der Waals surface area (Å²) in [7, 11) is -2.96. The van der Waals surface area contributed by atoms with Gasteiger partial charge < -0.3 is 9.47 Å². The van der Waals surface area contributed by atoms with Gasteiger partial charge in [0.15, 0.2) is 15.6 Å². The zero-order valence-electron chi connectivity index (χ0n) is 18.1. The number of nitrogens with zero attached hydrogens (tertiary/aromatic N) is 3. The Bertz CT molecular complexity index is 1050. The fourth-order valence-corrected chi connectivity index (χ4v) is 6.58. The van der Waals surface area contributed by atoms with Crippen molar-refractivity contribution in [2.75, 3.05) is 49.1 Å². The number of carbonyl (C=O) groups is 1. The average Bonchev–Trinajstić information content (AvgIpc) is 3.20. The van der Waals surface area contributed by atoms with E-state index in [1.54, 1.807) is 0 Å². The summed E-state index contributed by atoms with van der Waals surface area (Å²) in [5.41, 5.74) is 5.12. The molecule has 2 fully saturated rings. The van der Waals surface area contributed by atoms with Crippen LogP contribution in [0.2, 0.25) is 0 Å². The molecule has 0 amide bonds. The number of carbonyl (C=O) groups excluding carboxylic acids is 1. The SMILES string of the molecule is Cc1cccc(N2CCN(CC(=O)c3cc(C)n(C4CCS(=O)(=O)C4)c3C)CC2)c1. The summed E-state index contributed by atoms with van der Waals surface area (Å²) < 4.78 is 25.9. The fourth-order valence-electron chi connectivity index (χ4n) is 4.88. The van der Waals surface area contributed by atoms with E-state index < -0.39 is 9.84 Å². The maximum absolute atomic E-state index is 13.1. The Morgan fingerprint density at radius 3 is 2.43 bits per heavy atom. The van der Waals surface area contributed by atoms with Gasteiger partial charge in [-0.05, 0) is 51.0 Å². The molecule has 2 saturated heterocycles. The van der Waals surface area contributed by atoms with Crippen LogP contribution in [0.4, 0.5) is 5.69 Å². The van der Waals surface area contributed by atoms with E-state index in [0.29, 0.717) is 13.0 Å². The number of ketones is 1. The van der Waals surface area contributed by atoms with Crippen molar-refractivity contribution in [1.29, 1.82) is 0 Å². The molecule has 2 aliphatic heterocycles. The molecule has 0 aliphatic carbocycles. The van der Waals surface area contributed by atoms with Gasteiger partial charge in [0.2, 0.25) is 0 Å². The molecule has 2 aromatic rings. The fraction of sp³-hybridized carbons (Fsp3) is 0.522. The van der Waals surface area contributed by atoms with E-state index >= 15 is 0 Å². The first-order valence-corrected chi connectivity index (χ1v) is 12.5. The van der Waals surface area contributed by atoms with Gasteiger partial charge in [-0.25, -0.2) is 8.42 Å². The van der Waals surface area contributed by atoms with E-state index in [4.69, 9.17) is 0 Å². The molecule has 0 radical (unpaired) electrons. The highest BCUT2D eigenvalue weighted by molar-refractivity contribution is 7.91. The summed E-state index contributed by atoms with van der Waals surface area (Å²) >= 11 is 0. The lowest BCUT2D eigenvalue weighted by molar-refractivity contribution is 0.0925. The second-order valence-corrected chi connectivity index (χ2v) is 11.0. The monoisotopic (exact) mass is 429 g/mol. The molecular weight excluding hydrogens is 398 g/mol. The zero-order valence-corrected chi connectivity index (χ0v) is 18.9. The van der Waals surface area contributed by atoms with Gasteiger partial charge in [0, 0.05) is 54.9 Å². The van der Waals surface area contributed by atoms with Gasteiger partial charge in [-0.2, -0.15) is 0 Å². The first-order valence-electron chi connectivity index (χ1n) is 10.7. The van der Waals surface area contributed by atoms with Crippen LogP contribution >= 0.6 is 0 Å². The number of benzene rings is 1. The molecule has 0 bridgehead atoms. The zero-order chi connectivity index (χ0) is 21.5. The third kappa shape index (κ3) is 4.32. The van der Waals surface area contributed by atoms with Crippen LogP contribution in [0.1, 0.15) is 39.8 Å². The van der Waals surface area contributed by atoms with Gasteiger partial charge in [0.05, 0.1) is 18.1 Å². The van der Waals surface area contributed by atoms with Crippen molar-refractivity contribution < 1.29 is 13.2 Å². The highest BCUT2D eigenvalue weighted by Gasteiger charge is 2.32. The van der Waals surface area contributed by atoms with E-state index in [1.807, 2.05) is 19.9 Å². The van der Waals surface area contributed by atoms with Crippen LogP contribution in [0, 0.1) is 20.8 Å². The Morgan fingerprint density at radius 1 is 1.07 bits per heavy atom. The number of hydrogen-bond acceptors (Lipinski definition) is 5. The van der Waals surface area contributed by atoms with Crippen molar-refractivity contribution >= 4 is 21.3 Å². The normalized spacial score (nSPS) is 21.8. The minimum absolute atomic E-state index is 0.0468. The van der Waals surface area contributed by atoms with Crippen molar-refractivity contribution in [3.8, 4) is 0 Å². The van der Waals surface area contributed by atoms with Crippen LogP contribution in [0.3, 0.4) is 0 Å². The molecular formula is C23H31N3O3S. The highest BCUT2D eigenvalue weighted by Crippen LogP contribution is 2.29. The molecule has 1 aromatic heterocycles. The number of Topliss-reactive ketones (excluding diaryl/α,β-unsaturated/α-hetero) is 1. The molecule has 0 saturated carbocycles. The molecule has 2 aliphatic rings. The van der Waals surface area contributed by atoms with Crippen molar-refractivity contribution in [3.63, 3.8) is 0 Å². The summed E-state index contributed by atoms with van der Waals surface area (Å²) in [6.07, 6.45) is 0.632. The molecule has 0 spiro atoms. The number of sulfone groups is 1. The predicted octanol–water partition coefficient (Wildman–Crippen LogP) is 2.78. The quantitative estimate of drug-likeness (QED) is 0.684. The lowest BCUT2D eigenvalue weighted by Gasteiger charge is -2.35. The molecule has 1 atom stereocenters. The summed E-state index contributed by atoms with van der Waals surface area (Å²) in [4.78, 5) is 17.6. The Labute approximate surface area is 179 Å². The summed E-state index contributed by atoms with van der Waals surface area (Å²) in [5, 5.41) is 0. The summed E-state index contributed by atoms with van der Waals surface area (Å²) in [6, 6.07) is 10.4. The second-order valence-electron chi connectivity index (χ2n) is 8.74. The smallest absolute Gasteiger partial charge is 0.178 e. The van der Waals surface area contributed by atoms with E-state index in [9.17, 15) is 13.2 Å².